The summed E-state index contributed by atoms with van der Waals surface area (Å²) in [5.41, 5.74) is 0.464. The molecule has 26 heavy (non-hydrogen) atoms. The SMILES string of the molecule is Cc1oc2c(F)c(F)c(F)c(F)c2c1C(=O)N1c2ccccc2C[C@H]1C. The van der Waals surface area contributed by atoms with E-state index in [9.17, 15) is 22.4 Å². The van der Waals surface area contributed by atoms with Crippen LogP contribution in [0.3, 0.4) is 0 Å². The van der Waals surface area contributed by atoms with Crippen LogP contribution in [-0.2, 0) is 6.42 Å². The average Bonchev–Trinajstić information content (AvgIpc) is 3.14. The number of nitrogens with zero attached hydrogens (tertiary/aromatic N) is 1. The first-order chi connectivity index (χ1) is 12.3. The van der Waals surface area contributed by atoms with Gasteiger partial charge >= 0.3 is 0 Å². The Kier molecular flexibility index (Phi) is 3.57. The van der Waals surface area contributed by atoms with Gasteiger partial charge in [-0.1, -0.05) is 18.2 Å². The Hall–Kier alpha value is -2.83. The molecule has 1 amide bonds. The zero-order chi connectivity index (χ0) is 18.7. The van der Waals surface area contributed by atoms with Crippen molar-refractivity contribution in [1.82, 2.24) is 0 Å². The van der Waals surface area contributed by atoms with Gasteiger partial charge in [0.05, 0.1) is 10.9 Å². The molecule has 134 valence electrons. The minimum absolute atomic E-state index is 0.107. The van der Waals surface area contributed by atoms with Gasteiger partial charge in [-0.05, 0) is 31.9 Å². The summed E-state index contributed by atoms with van der Waals surface area (Å²) in [4.78, 5) is 14.6. The Morgan fingerprint density at radius 3 is 2.46 bits per heavy atom. The van der Waals surface area contributed by atoms with E-state index in [0.29, 0.717) is 12.1 Å². The van der Waals surface area contributed by atoms with Gasteiger partial charge in [-0.2, -0.15) is 4.39 Å². The molecule has 1 atom stereocenters. The third kappa shape index (κ3) is 2.09. The molecule has 0 bridgehead atoms. The monoisotopic (exact) mass is 363 g/mol. The standard InChI is InChI=1S/C19H13F4NO2/c1-8-7-10-5-3-4-6-11(10)24(8)19(25)12-9(2)26-18-13(12)14(20)15(21)16(22)17(18)23/h3-6,8H,7H2,1-2H3/t8-/m1/s1. The number of carbonyl (C=O) groups excluding carboxylic acids is 1. The lowest BCUT2D eigenvalue weighted by atomic mass is 10.1. The number of anilines is 1. The predicted molar refractivity (Wildman–Crippen MR) is 87.2 cm³/mol. The Morgan fingerprint density at radius 2 is 1.73 bits per heavy atom. The zero-order valence-corrected chi connectivity index (χ0v) is 13.9. The normalized spacial score (nSPS) is 16.4. The number of hydrogen-bond donors (Lipinski definition) is 0. The van der Waals surface area contributed by atoms with Crippen LogP contribution >= 0.6 is 0 Å². The van der Waals surface area contributed by atoms with E-state index in [-0.39, 0.29) is 17.4 Å². The fourth-order valence-corrected chi connectivity index (χ4v) is 3.56. The van der Waals surface area contributed by atoms with Gasteiger partial charge in [0.2, 0.25) is 11.6 Å². The summed E-state index contributed by atoms with van der Waals surface area (Å²) in [7, 11) is 0. The van der Waals surface area contributed by atoms with E-state index in [1.54, 1.807) is 12.1 Å². The van der Waals surface area contributed by atoms with Gasteiger partial charge in [0.25, 0.3) is 5.91 Å². The third-order valence-electron chi connectivity index (χ3n) is 4.72. The highest BCUT2D eigenvalue weighted by molar-refractivity contribution is 6.15. The molecule has 7 heteroatoms. The number of halogens is 4. The van der Waals surface area contributed by atoms with Gasteiger partial charge in [0.15, 0.2) is 17.2 Å². The number of aryl methyl sites for hydroxylation is 1. The summed E-state index contributed by atoms with van der Waals surface area (Å²) in [6, 6.07) is 6.97. The van der Waals surface area contributed by atoms with Crippen molar-refractivity contribution in [2.75, 3.05) is 4.90 Å². The van der Waals surface area contributed by atoms with Crippen molar-refractivity contribution in [2.24, 2.45) is 0 Å². The lowest BCUT2D eigenvalue weighted by molar-refractivity contribution is 0.0981. The molecule has 0 spiro atoms. The topological polar surface area (TPSA) is 33.5 Å². The lowest BCUT2D eigenvalue weighted by Gasteiger charge is -2.22. The van der Waals surface area contributed by atoms with Gasteiger partial charge in [0.1, 0.15) is 5.76 Å². The van der Waals surface area contributed by atoms with E-state index in [1.807, 2.05) is 19.1 Å². The van der Waals surface area contributed by atoms with Crippen molar-refractivity contribution in [2.45, 2.75) is 26.3 Å². The minimum Gasteiger partial charge on any atom is -0.457 e. The summed E-state index contributed by atoms with van der Waals surface area (Å²) in [6.45, 7) is 3.14. The molecule has 0 unspecified atom stereocenters. The fraction of sp³-hybridized carbons (Fsp3) is 0.211. The lowest BCUT2D eigenvalue weighted by Crippen LogP contribution is -2.36. The van der Waals surface area contributed by atoms with Crippen LogP contribution in [0.5, 0.6) is 0 Å². The highest BCUT2D eigenvalue weighted by Crippen LogP contribution is 2.38. The molecule has 2 aromatic carbocycles. The minimum atomic E-state index is -1.97. The molecule has 1 aromatic heterocycles. The van der Waals surface area contributed by atoms with Crippen LogP contribution in [0.15, 0.2) is 28.7 Å². The van der Waals surface area contributed by atoms with Crippen molar-refractivity contribution >= 4 is 22.6 Å². The Morgan fingerprint density at radius 1 is 1.08 bits per heavy atom. The van der Waals surface area contributed by atoms with E-state index >= 15 is 0 Å². The average molecular weight is 363 g/mol. The largest absolute Gasteiger partial charge is 0.457 e. The third-order valence-corrected chi connectivity index (χ3v) is 4.72. The maximum atomic E-state index is 14.3. The first-order valence-corrected chi connectivity index (χ1v) is 7.99. The quantitative estimate of drug-likeness (QED) is 0.350. The van der Waals surface area contributed by atoms with Crippen LogP contribution in [0.25, 0.3) is 11.0 Å². The van der Waals surface area contributed by atoms with Crippen molar-refractivity contribution in [3.8, 4) is 0 Å². The Labute approximate surface area is 145 Å². The summed E-state index contributed by atoms with van der Waals surface area (Å²) < 4.78 is 60.6. The molecule has 4 rings (SSSR count). The maximum Gasteiger partial charge on any atom is 0.262 e. The number of fused-ring (bicyclic) bond motifs is 2. The van der Waals surface area contributed by atoms with Gasteiger partial charge in [-0.3, -0.25) is 4.79 Å². The summed E-state index contributed by atoms with van der Waals surface area (Å²) >= 11 is 0. The molecular formula is C19H13F4NO2. The highest BCUT2D eigenvalue weighted by Gasteiger charge is 2.36. The molecule has 0 saturated carbocycles. The van der Waals surface area contributed by atoms with Crippen molar-refractivity contribution in [3.05, 3.63) is 64.4 Å². The molecule has 1 aliphatic heterocycles. The number of para-hydroxylation sites is 1. The highest BCUT2D eigenvalue weighted by atomic mass is 19.2. The number of furan rings is 1. The van der Waals surface area contributed by atoms with Crippen LogP contribution in [0, 0.1) is 30.2 Å². The molecule has 0 saturated heterocycles. The molecule has 3 nitrogen and oxygen atoms in total. The zero-order valence-electron chi connectivity index (χ0n) is 13.9. The van der Waals surface area contributed by atoms with E-state index < -0.39 is 40.1 Å². The predicted octanol–water partition coefficient (Wildman–Crippen LogP) is 4.89. The van der Waals surface area contributed by atoms with Crippen molar-refractivity contribution in [1.29, 1.82) is 0 Å². The van der Waals surface area contributed by atoms with Crippen LogP contribution in [0.1, 0.15) is 28.6 Å². The first kappa shape index (κ1) is 16.6. The number of amides is 1. The molecule has 1 aliphatic rings. The van der Waals surface area contributed by atoms with Gasteiger partial charge in [-0.15, -0.1) is 0 Å². The van der Waals surface area contributed by atoms with Crippen LogP contribution in [-0.4, -0.2) is 11.9 Å². The van der Waals surface area contributed by atoms with Gasteiger partial charge < -0.3 is 9.32 Å². The smallest absolute Gasteiger partial charge is 0.262 e. The second-order valence-electron chi connectivity index (χ2n) is 6.35. The van der Waals surface area contributed by atoms with E-state index in [1.165, 1.54) is 11.8 Å². The molecule has 0 fully saturated rings. The second kappa shape index (κ2) is 5.59. The molecule has 0 N–H and O–H groups in total. The van der Waals surface area contributed by atoms with E-state index in [4.69, 9.17) is 4.42 Å². The number of benzene rings is 2. The summed E-state index contributed by atoms with van der Waals surface area (Å²) in [6.07, 6.45) is 0.594. The van der Waals surface area contributed by atoms with Crippen LogP contribution in [0.4, 0.5) is 23.2 Å². The van der Waals surface area contributed by atoms with E-state index in [0.717, 1.165) is 5.56 Å². The summed E-state index contributed by atoms with van der Waals surface area (Å²) in [5.74, 6) is -8.00. The molecular weight excluding hydrogens is 350 g/mol. The van der Waals surface area contributed by atoms with Gasteiger partial charge in [-0.25, -0.2) is 13.2 Å². The first-order valence-electron chi connectivity index (χ1n) is 7.99. The second-order valence-corrected chi connectivity index (χ2v) is 6.35. The van der Waals surface area contributed by atoms with Crippen molar-refractivity contribution < 1.29 is 26.8 Å². The maximum absolute atomic E-state index is 14.3. The van der Waals surface area contributed by atoms with Crippen LogP contribution < -0.4 is 4.90 Å². The number of rotatable bonds is 1. The van der Waals surface area contributed by atoms with Gasteiger partial charge in [0, 0.05) is 11.7 Å². The molecule has 0 radical (unpaired) electrons. The van der Waals surface area contributed by atoms with Crippen molar-refractivity contribution in [3.63, 3.8) is 0 Å². The Balaban J connectivity index is 1.96. The van der Waals surface area contributed by atoms with Crippen LogP contribution in [0.2, 0.25) is 0 Å². The summed E-state index contributed by atoms with van der Waals surface area (Å²) in [5, 5.41) is -0.680. The fourth-order valence-electron chi connectivity index (χ4n) is 3.56. The van der Waals surface area contributed by atoms with E-state index in [2.05, 4.69) is 0 Å². The molecule has 2 heterocycles. The Bertz CT molecular complexity index is 1070. The molecule has 3 aromatic rings. The number of hydrogen-bond acceptors (Lipinski definition) is 2. The number of carbonyl (C=O) groups is 1. The molecule has 0 aliphatic carbocycles.